The van der Waals surface area contributed by atoms with Crippen molar-refractivity contribution in [1.29, 1.82) is 5.26 Å². The van der Waals surface area contributed by atoms with Gasteiger partial charge in [-0.2, -0.15) is 5.26 Å². The maximum atomic E-state index is 13.0. The van der Waals surface area contributed by atoms with Crippen LogP contribution in [-0.2, 0) is 10.2 Å². The molecule has 9 nitrogen and oxygen atoms in total. The van der Waals surface area contributed by atoms with Crippen molar-refractivity contribution in [3.05, 3.63) is 34.7 Å². The molecule has 4 heterocycles. The number of anilines is 1. The molecule has 0 atom stereocenters. The van der Waals surface area contributed by atoms with E-state index in [-0.39, 0.29) is 17.6 Å². The van der Waals surface area contributed by atoms with Crippen molar-refractivity contribution in [3.63, 3.8) is 0 Å². The predicted octanol–water partition coefficient (Wildman–Crippen LogP) is 4.57. The summed E-state index contributed by atoms with van der Waals surface area (Å²) in [5.74, 6) is 0.435. The molecule has 0 spiro atoms. The number of alkyl halides is 1. The number of rotatable bonds is 7. The quantitative estimate of drug-likeness (QED) is 0.316. The van der Waals surface area contributed by atoms with Crippen molar-refractivity contribution in [1.82, 2.24) is 29.2 Å². The van der Waals surface area contributed by atoms with Crippen LogP contribution in [0.15, 0.2) is 29.6 Å². The molecule has 0 aromatic carbocycles. The lowest BCUT2D eigenvalue weighted by atomic mass is 9.87. The van der Waals surface area contributed by atoms with Gasteiger partial charge in [0.15, 0.2) is 5.65 Å². The summed E-state index contributed by atoms with van der Waals surface area (Å²) < 4.78 is 18.4. The molecule has 4 aliphatic rings. The lowest BCUT2D eigenvalue weighted by Gasteiger charge is -2.34. The molecule has 40 heavy (non-hydrogen) atoms. The first kappa shape index (κ1) is 28.9. The van der Waals surface area contributed by atoms with Crippen LogP contribution in [0.4, 0.5) is 10.1 Å². The molecule has 0 amide bonds. The fourth-order valence-electron chi connectivity index (χ4n) is 4.47. The molecule has 1 saturated heterocycles. The highest BCUT2D eigenvalue weighted by Gasteiger charge is 2.48. The SMILES string of the molecule is CN1CCN(c2cc(SNC3(CF)CC3)cn3ccnc23)CC1.Cc1nnc(C2(C#N)CC2)s1.O=CC1CCC1. The Bertz CT molecular complexity index is 1330. The van der Waals surface area contributed by atoms with Crippen LogP contribution >= 0.6 is 23.3 Å². The van der Waals surface area contributed by atoms with E-state index in [2.05, 4.69) is 59.5 Å². The Morgan fingerprint density at radius 1 is 1.23 bits per heavy atom. The highest BCUT2D eigenvalue weighted by atomic mass is 32.2. The number of nitrogens with zero attached hydrogens (tertiary/aromatic N) is 7. The van der Waals surface area contributed by atoms with E-state index in [9.17, 15) is 9.18 Å². The maximum Gasteiger partial charge on any atom is 0.160 e. The van der Waals surface area contributed by atoms with E-state index in [0.29, 0.717) is 5.92 Å². The number of aromatic nitrogens is 4. The molecule has 0 unspecified atom stereocenters. The van der Waals surface area contributed by atoms with Gasteiger partial charge in [0.1, 0.15) is 28.4 Å². The molecule has 0 bridgehead atoms. The average Bonchev–Trinajstić information content (AvgIpc) is 3.82. The number of pyridine rings is 1. The second kappa shape index (κ2) is 12.5. The van der Waals surface area contributed by atoms with Gasteiger partial charge in [-0.25, -0.2) is 9.37 Å². The second-order valence-electron chi connectivity index (χ2n) is 11.3. The fraction of sp³-hybridized carbons (Fsp3) is 0.607. The topological polar surface area (TPSA) is 102 Å². The summed E-state index contributed by atoms with van der Waals surface area (Å²) in [6, 6.07) is 4.47. The van der Waals surface area contributed by atoms with Gasteiger partial charge in [-0.05, 0) is 70.5 Å². The van der Waals surface area contributed by atoms with Gasteiger partial charge < -0.3 is 19.0 Å². The summed E-state index contributed by atoms with van der Waals surface area (Å²) in [6.07, 6.45) is 14.2. The number of fused-ring (bicyclic) bond motifs is 1. The number of carbonyl (C=O) groups excluding carboxylic acids is 1. The third-order valence-corrected chi connectivity index (χ3v) is 10.1. The number of aryl methyl sites for hydroxylation is 1. The first-order valence-corrected chi connectivity index (χ1v) is 15.6. The molecule has 1 N–H and O–H groups in total. The highest BCUT2D eigenvalue weighted by molar-refractivity contribution is 7.97. The lowest BCUT2D eigenvalue weighted by molar-refractivity contribution is -0.113. The number of hydrogen-bond acceptors (Lipinski definition) is 10. The number of carbonyl (C=O) groups is 1. The maximum absolute atomic E-state index is 13.0. The van der Waals surface area contributed by atoms with Gasteiger partial charge >= 0.3 is 0 Å². The molecule has 3 aliphatic carbocycles. The van der Waals surface area contributed by atoms with Crippen molar-refractivity contribution >= 4 is 40.9 Å². The Hall–Kier alpha value is -2.59. The van der Waals surface area contributed by atoms with Gasteiger partial charge in [-0.3, -0.25) is 4.72 Å². The van der Waals surface area contributed by atoms with E-state index in [1.165, 1.54) is 35.4 Å². The van der Waals surface area contributed by atoms with Crippen molar-refractivity contribution in [2.45, 2.75) is 67.7 Å². The molecule has 1 aliphatic heterocycles. The molecular formula is C28H37FN8OS2. The Kier molecular flexibility index (Phi) is 9.05. The van der Waals surface area contributed by atoms with E-state index >= 15 is 0 Å². The Morgan fingerprint density at radius 2 is 1.98 bits per heavy atom. The summed E-state index contributed by atoms with van der Waals surface area (Å²) in [5.41, 5.74) is 1.62. The largest absolute Gasteiger partial charge is 0.366 e. The monoisotopic (exact) mass is 584 g/mol. The van der Waals surface area contributed by atoms with E-state index < -0.39 is 0 Å². The van der Waals surface area contributed by atoms with Crippen LogP contribution in [0, 0.1) is 24.2 Å². The molecule has 3 aromatic heterocycles. The molecule has 3 saturated carbocycles. The second-order valence-corrected chi connectivity index (χ2v) is 13.3. The number of imidazole rings is 1. The minimum absolute atomic E-state index is 0.244. The number of aldehydes is 1. The predicted molar refractivity (Wildman–Crippen MR) is 156 cm³/mol. The van der Waals surface area contributed by atoms with Gasteiger partial charge in [0.2, 0.25) is 0 Å². The fourth-order valence-corrected chi connectivity index (χ4v) is 6.29. The third-order valence-electron chi connectivity index (χ3n) is 8.02. The zero-order chi connectivity index (χ0) is 28.2. The highest BCUT2D eigenvalue weighted by Crippen LogP contribution is 2.48. The average molecular weight is 585 g/mol. The van der Waals surface area contributed by atoms with Crippen LogP contribution in [0.2, 0.25) is 0 Å². The van der Waals surface area contributed by atoms with E-state index in [1.807, 2.05) is 19.3 Å². The number of nitriles is 1. The van der Waals surface area contributed by atoms with Gasteiger partial charge in [0, 0.05) is 55.6 Å². The van der Waals surface area contributed by atoms with Crippen LogP contribution in [0.5, 0.6) is 0 Å². The van der Waals surface area contributed by atoms with Crippen molar-refractivity contribution < 1.29 is 9.18 Å². The zero-order valence-electron chi connectivity index (χ0n) is 23.2. The minimum Gasteiger partial charge on any atom is -0.366 e. The first-order chi connectivity index (χ1) is 19.4. The van der Waals surface area contributed by atoms with Gasteiger partial charge in [-0.1, -0.05) is 6.42 Å². The summed E-state index contributed by atoms with van der Waals surface area (Å²) in [4.78, 5) is 20.1. The summed E-state index contributed by atoms with van der Waals surface area (Å²) >= 11 is 3.07. The van der Waals surface area contributed by atoms with Crippen LogP contribution in [-0.4, -0.2) is 76.2 Å². The van der Waals surface area contributed by atoms with Gasteiger partial charge in [0.05, 0.1) is 17.3 Å². The summed E-state index contributed by atoms with van der Waals surface area (Å²) in [7, 11) is 2.16. The van der Waals surface area contributed by atoms with E-state index in [4.69, 9.17) is 5.26 Å². The van der Waals surface area contributed by atoms with Crippen LogP contribution in [0.25, 0.3) is 5.65 Å². The third kappa shape index (κ3) is 6.82. The number of piperazine rings is 1. The standard InChI is InChI=1S/C16H22FN5S.C7H7N3S.C5H8O/c1-20-6-8-21(9-7-20)14-10-13(11-22-5-4-18-15(14)22)23-19-16(12-17)2-3-16;1-5-9-10-6(11-5)7(4-8)2-3-7;6-4-5-2-1-3-5/h4-5,10-11,19H,2-3,6-9,12H2,1H3;2-3H2,1H3;4-5H,1-3H2. The smallest absolute Gasteiger partial charge is 0.160 e. The van der Waals surface area contributed by atoms with Crippen molar-refractivity contribution in [3.8, 4) is 6.07 Å². The minimum atomic E-state index is -0.293. The van der Waals surface area contributed by atoms with Crippen molar-refractivity contribution in [2.24, 2.45) is 5.92 Å². The number of halogens is 1. The Labute approximate surface area is 243 Å². The van der Waals surface area contributed by atoms with Crippen LogP contribution in [0.1, 0.15) is 55.0 Å². The van der Waals surface area contributed by atoms with Crippen LogP contribution < -0.4 is 9.62 Å². The zero-order valence-corrected chi connectivity index (χ0v) is 24.8. The molecular weight excluding hydrogens is 547 g/mol. The summed E-state index contributed by atoms with van der Waals surface area (Å²) in [5, 5.41) is 18.5. The normalized spacial score (nSPS) is 20.8. The lowest BCUT2D eigenvalue weighted by Crippen LogP contribution is -2.44. The Balaban J connectivity index is 0.000000155. The molecule has 4 fully saturated rings. The number of nitrogens with one attached hydrogen (secondary N) is 1. The van der Waals surface area contributed by atoms with Gasteiger partial charge in [-0.15, -0.1) is 21.5 Å². The molecule has 0 radical (unpaired) electrons. The number of likely N-dealkylation sites (N-methyl/N-ethyl adjacent to an activating group) is 1. The van der Waals surface area contributed by atoms with Gasteiger partial charge in [0.25, 0.3) is 0 Å². The Morgan fingerprint density at radius 3 is 2.48 bits per heavy atom. The number of hydrogen-bond donors (Lipinski definition) is 1. The molecule has 3 aromatic rings. The summed E-state index contributed by atoms with van der Waals surface area (Å²) in [6.45, 7) is 5.76. The first-order valence-electron chi connectivity index (χ1n) is 14.0. The van der Waals surface area contributed by atoms with Crippen molar-refractivity contribution in [2.75, 3.05) is 44.8 Å². The van der Waals surface area contributed by atoms with Crippen LogP contribution in [0.3, 0.4) is 0 Å². The molecule has 12 heteroatoms. The van der Waals surface area contributed by atoms with E-state index in [0.717, 1.165) is 91.5 Å². The molecule has 7 rings (SSSR count). The van der Waals surface area contributed by atoms with E-state index in [1.54, 1.807) is 0 Å². The molecule has 214 valence electrons.